The lowest BCUT2D eigenvalue weighted by Crippen LogP contribution is -2.05. The summed E-state index contributed by atoms with van der Waals surface area (Å²) in [6.45, 7) is 2.19. The predicted octanol–water partition coefficient (Wildman–Crippen LogP) is 1.43. The van der Waals surface area contributed by atoms with Crippen LogP contribution in [0.3, 0.4) is 0 Å². The third-order valence-electron chi connectivity index (χ3n) is 2.44. The van der Waals surface area contributed by atoms with E-state index < -0.39 is 5.97 Å². The molecule has 0 unspecified atom stereocenters. The van der Waals surface area contributed by atoms with E-state index in [9.17, 15) is 9.90 Å². The van der Waals surface area contributed by atoms with Crippen LogP contribution >= 0.6 is 0 Å². The minimum Gasteiger partial charge on any atom is -0.503 e. The highest BCUT2D eigenvalue weighted by atomic mass is 16.5. The third kappa shape index (κ3) is 2.82. The van der Waals surface area contributed by atoms with Crippen LogP contribution in [0.15, 0.2) is 24.7 Å². The first kappa shape index (κ1) is 13.7. The van der Waals surface area contributed by atoms with Crippen LogP contribution in [0, 0.1) is 0 Å². The molecule has 0 fully saturated rings. The van der Waals surface area contributed by atoms with Crippen molar-refractivity contribution in [1.82, 2.24) is 15.0 Å². The van der Waals surface area contributed by atoms with E-state index >= 15 is 0 Å². The van der Waals surface area contributed by atoms with Crippen molar-refractivity contribution >= 4 is 5.97 Å². The molecule has 0 aliphatic rings. The lowest BCUT2D eigenvalue weighted by molar-refractivity contribution is 0.0593. The summed E-state index contributed by atoms with van der Waals surface area (Å²) in [5.41, 5.74) is 1.00. The van der Waals surface area contributed by atoms with Crippen LogP contribution < -0.4 is 4.74 Å². The van der Waals surface area contributed by atoms with E-state index in [1.54, 1.807) is 6.92 Å². The van der Waals surface area contributed by atoms with Gasteiger partial charge in [0.15, 0.2) is 11.4 Å². The average molecular weight is 275 g/mol. The van der Waals surface area contributed by atoms with Crippen LogP contribution in [0.2, 0.25) is 0 Å². The van der Waals surface area contributed by atoms with Crippen molar-refractivity contribution in [1.29, 1.82) is 0 Å². The molecule has 0 amide bonds. The molecule has 1 N–H and O–H groups in total. The molecule has 0 atom stereocenters. The highest BCUT2D eigenvalue weighted by Gasteiger charge is 2.12. The standard InChI is InChI=1S/C13H13N3O4/c1-3-20-12-11(17)4-8(5-15-12)9-6-14-7-10(16-9)13(18)19-2/h4-7,17H,3H2,1-2H3. The zero-order chi connectivity index (χ0) is 14.5. The molecule has 2 heterocycles. The van der Waals surface area contributed by atoms with Gasteiger partial charge in [-0.05, 0) is 13.0 Å². The molecule has 0 aromatic carbocycles. The summed E-state index contributed by atoms with van der Waals surface area (Å²) in [7, 11) is 1.26. The molecule has 2 aromatic heterocycles. The van der Waals surface area contributed by atoms with Crippen LogP contribution in [0.5, 0.6) is 11.6 Å². The van der Waals surface area contributed by atoms with Crippen LogP contribution in [0.25, 0.3) is 11.3 Å². The van der Waals surface area contributed by atoms with Gasteiger partial charge in [0, 0.05) is 11.8 Å². The number of esters is 1. The van der Waals surface area contributed by atoms with Gasteiger partial charge in [0.25, 0.3) is 5.88 Å². The average Bonchev–Trinajstić information content (AvgIpc) is 2.49. The highest BCUT2D eigenvalue weighted by molar-refractivity contribution is 5.87. The Labute approximate surface area is 115 Å². The molecule has 0 radical (unpaired) electrons. The number of aromatic nitrogens is 3. The van der Waals surface area contributed by atoms with E-state index in [1.165, 1.54) is 31.8 Å². The van der Waals surface area contributed by atoms with Crippen LogP contribution in [-0.4, -0.2) is 39.7 Å². The second kappa shape index (κ2) is 5.96. The number of nitrogens with zero attached hydrogens (tertiary/aromatic N) is 3. The highest BCUT2D eigenvalue weighted by Crippen LogP contribution is 2.27. The molecule has 0 bridgehead atoms. The topological polar surface area (TPSA) is 94.4 Å². The van der Waals surface area contributed by atoms with Crippen molar-refractivity contribution in [2.24, 2.45) is 0 Å². The molecule has 0 saturated carbocycles. The van der Waals surface area contributed by atoms with Gasteiger partial charge in [-0.15, -0.1) is 0 Å². The molecular weight excluding hydrogens is 262 g/mol. The lowest BCUT2D eigenvalue weighted by Gasteiger charge is -2.06. The van der Waals surface area contributed by atoms with Gasteiger partial charge in [0.05, 0.1) is 31.8 Å². The molecule has 7 nitrogen and oxygen atoms in total. The van der Waals surface area contributed by atoms with Gasteiger partial charge in [-0.1, -0.05) is 0 Å². The number of methoxy groups -OCH3 is 1. The summed E-state index contributed by atoms with van der Waals surface area (Å²) < 4.78 is 9.71. The fourth-order valence-electron chi connectivity index (χ4n) is 1.54. The maximum atomic E-state index is 11.4. The van der Waals surface area contributed by atoms with Gasteiger partial charge in [0.1, 0.15) is 0 Å². The normalized spacial score (nSPS) is 10.1. The summed E-state index contributed by atoms with van der Waals surface area (Å²) >= 11 is 0. The number of carbonyl (C=O) groups is 1. The monoisotopic (exact) mass is 275 g/mol. The molecule has 20 heavy (non-hydrogen) atoms. The molecule has 2 rings (SSSR count). The van der Waals surface area contributed by atoms with Gasteiger partial charge >= 0.3 is 5.97 Å². The molecule has 0 spiro atoms. The van der Waals surface area contributed by atoms with E-state index in [0.29, 0.717) is 17.9 Å². The van der Waals surface area contributed by atoms with Crippen LogP contribution in [-0.2, 0) is 4.74 Å². The van der Waals surface area contributed by atoms with Crippen molar-refractivity contribution in [2.75, 3.05) is 13.7 Å². The van der Waals surface area contributed by atoms with Crippen molar-refractivity contribution in [3.63, 3.8) is 0 Å². The minimum atomic E-state index is -0.581. The van der Waals surface area contributed by atoms with Gasteiger partial charge in [-0.2, -0.15) is 0 Å². The first-order valence-electron chi connectivity index (χ1n) is 5.88. The van der Waals surface area contributed by atoms with Crippen molar-refractivity contribution in [3.8, 4) is 22.9 Å². The Kier molecular flexibility index (Phi) is 4.09. The maximum Gasteiger partial charge on any atom is 0.358 e. The molecule has 0 aliphatic carbocycles. The Morgan fingerprint density at radius 3 is 2.80 bits per heavy atom. The molecule has 2 aromatic rings. The Balaban J connectivity index is 2.36. The van der Waals surface area contributed by atoms with Gasteiger partial charge < -0.3 is 14.6 Å². The summed E-state index contributed by atoms with van der Waals surface area (Å²) in [5.74, 6) is -0.537. The molecule has 0 aliphatic heterocycles. The first-order chi connectivity index (χ1) is 9.65. The molecule has 104 valence electrons. The number of aromatic hydroxyl groups is 1. The number of carbonyl (C=O) groups excluding carboxylic acids is 1. The van der Waals surface area contributed by atoms with Crippen molar-refractivity contribution in [3.05, 3.63) is 30.4 Å². The Morgan fingerprint density at radius 2 is 2.15 bits per heavy atom. The smallest absolute Gasteiger partial charge is 0.358 e. The van der Waals surface area contributed by atoms with Gasteiger partial charge in [-0.25, -0.2) is 14.8 Å². The predicted molar refractivity (Wildman–Crippen MR) is 69.4 cm³/mol. The lowest BCUT2D eigenvalue weighted by atomic mass is 10.2. The Bertz CT molecular complexity index is 631. The second-order valence-electron chi connectivity index (χ2n) is 3.76. The van der Waals surface area contributed by atoms with Gasteiger partial charge in [0.2, 0.25) is 0 Å². The summed E-state index contributed by atoms with van der Waals surface area (Å²) in [5, 5.41) is 9.78. The third-order valence-corrected chi connectivity index (χ3v) is 2.44. The van der Waals surface area contributed by atoms with Crippen LogP contribution in [0.1, 0.15) is 17.4 Å². The van der Waals surface area contributed by atoms with E-state index in [0.717, 1.165) is 0 Å². The van der Waals surface area contributed by atoms with Gasteiger partial charge in [-0.3, -0.25) is 4.98 Å². The van der Waals surface area contributed by atoms with E-state index in [2.05, 4.69) is 19.7 Å². The second-order valence-corrected chi connectivity index (χ2v) is 3.76. The van der Waals surface area contributed by atoms with E-state index in [-0.39, 0.29) is 17.3 Å². The summed E-state index contributed by atoms with van der Waals surface area (Å²) in [6, 6.07) is 1.45. The zero-order valence-electron chi connectivity index (χ0n) is 11.0. The number of pyridine rings is 1. The summed E-state index contributed by atoms with van der Waals surface area (Å²) in [6.07, 6.45) is 4.25. The van der Waals surface area contributed by atoms with E-state index in [4.69, 9.17) is 4.74 Å². The van der Waals surface area contributed by atoms with Crippen molar-refractivity contribution in [2.45, 2.75) is 6.92 Å². The fourth-order valence-corrected chi connectivity index (χ4v) is 1.54. The van der Waals surface area contributed by atoms with Crippen molar-refractivity contribution < 1.29 is 19.4 Å². The SMILES string of the molecule is CCOc1ncc(-c2cncc(C(=O)OC)n2)cc1O. The number of hydrogen-bond donors (Lipinski definition) is 1. The molecule has 7 heteroatoms. The Hall–Kier alpha value is -2.70. The Morgan fingerprint density at radius 1 is 1.35 bits per heavy atom. The van der Waals surface area contributed by atoms with Crippen LogP contribution in [0.4, 0.5) is 0 Å². The number of ether oxygens (including phenoxy) is 2. The summed E-state index contributed by atoms with van der Waals surface area (Å²) in [4.78, 5) is 23.4. The molecular formula is C13H13N3O4. The largest absolute Gasteiger partial charge is 0.503 e. The molecule has 0 saturated heterocycles. The van der Waals surface area contributed by atoms with E-state index in [1.807, 2.05) is 0 Å². The zero-order valence-corrected chi connectivity index (χ0v) is 11.0. The quantitative estimate of drug-likeness (QED) is 0.843. The first-order valence-corrected chi connectivity index (χ1v) is 5.88. The number of rotatable bonds is 4. The fraction of sp³-hybridized carbons (Fsp3) is 0.231. The minimum absolute atomic E-state index is 0.0818. The number of hydrogen-bond acceptors (Lipinski definition) is 7. The maximum absolute atomic E-state index is 11.4.